The smallest absolute Gasteiger partial charge is 0.0446 e. The number of rotatable bonds is 3. The molecule has 3 atom stereocenters. The van der Waals surface area contributed by atoms with Crippen LogP contribution in [0.3, 0.4) is 0 Å². The molecular formula is C34H31Cl. The highest BCUT2D eigenvalue weighted by Crippen LogP contribution is 2.61. The fourth-order valence-electron chi connectivity index (χ4n) is 6.88. The Kier molecular flexibility index (Phi) is 5.46. The van der Waals surface area contributed by atoms with E-state index in [0.717, 1.165) is 22.9 Å². The minimum Gasteiger partial charge on any atom is -0.0986 e. The Hall–Kier alpha value is -3.09. The quantitative estimate of drug-likeness (QED) is 0.259. The summed E-state index contributed by atoms with van der Waals surface area (Å²) in [5, 5.41) is 0.763. The van der Waals surface area contributed by atoms with Crippen LogP contribution in [0.15, 0.2) is 103 Å². The molecule has 0 amide bonds. The Balaban J connectivity index is 1.49. The lowest BCUT2D eigenvalue weighted by molar-refractivity contribution is 0.248. The maximum atomic E-state index is 6.27. The molecule has 1 heteroatoms. The van der Waals surface area contributed by atoms with Crippen molar-refractivity contribution < 1.29 is 0 Å². The molecule has 2 aliphatic carbocycles. The summed E-state index contributed by atoms with van der Waals surface area (Å²) in [6.45, 7) is 9.49. The molecule has 2 aliphatic rings. The molecule has 0 heterocycles. The Morgan fingerprint density at radius 3 is 2.14 bits per heavy atom. The van der Waals surface area contributed by atoms with E-state index in [9.17, 15) is 0 Å². The highest BCUT2D eigenvalue weighted by Gasteiger charge is 2.51. The standard InChI is InChI=1S/C34H31Cl/c1-4-24-17-22(2)34(23(3)18-24)32-14-6-5-13-30(32)31-21-28(15-16-33(31)34)26-10-7-9-25(19-26)27-11-8-12-29(35)20-27/h5-16,19-21,23-24H,2,4,17-18H2,1,3H3. The second-order valence-electron chi connectivity index (χ2n) is 10.4. The van der Waals surface area contributed by atoms with Crippen LogP contribution in [0.25, 0.3) is 33.4 Å². The van der Waals surface area contributed by atoms with Crippen LogP contribution in [0.1, 0.15) is 44.2 Å². The molecule has 1 spiro atoms. The van der Waals surface area contributed by atoms with Crippen LogP contribution in [0, 0.1) is 11.8 Å². The SMILES string of the molecule is C=C1CC(CC)CC(C)C12c1ccccc1-c1cc(-c3cccc(-c4cccc(Cl)c4)c3)ccc12. The first-order valence-electron chi connectivity index (χ1n) is 12.8. The summed E-state index contributed by atoms with van der Waals surface area (Å²) in [7, 11) is 0. The van der Waals surface area contributed by atoms with E-state index < -0.39 is 0 Å². The Morgan fingerprint density at radius 2 is 1.43 bits per heavy atom. The second kappa shape index (κ2) is 8.54. The van der Waals surface area contributed by atoms with Crippen molar-refractivity contribution in [3.8, 4) is 33.4 Å². The van der Waals surface area contributed by atoms with Gasteiger partial charge in [0.25, 0.3) is 0 Å². The predicted octanol–water partition coefficient (Wildman–Crippen LogP) is 9.95. The zero-order valence-corrected chi connectivity index (χ0v) is 21.3. The van der Waals surface area contributed by atoms with Gasteiger partial charge in [-0.05, 0) is 93.5 Å². The van der Waals surface area contributed by atoms with E-state index in [1.807, 2.05) is 18.2 Å². The third kappa shape index (κ3) is 3.42. The second-order valence-corrected chi connectivity index (χ2v) is 10.9. The first-order valence-corrected chi connectivity index (χ1v) is 13.2. The van der Waals surface area contributed by atoms with E-state index in [2.05, 4.69) is 86.6 Å². The van der Waals surface area contributed by atoms with Crippen molar-refractivity contribution in [2.45, 2.75) is 38.5 Å². The number of allylic oxidation sites excluding steroid dienone is 1. The van der Waals surface area contributed by atoms with Crippen molar-refractivity contribution in [3.05, 3.63) is 119 Å². The Bertz CT molecular complexity index is 1440. The molecule has 0 aliphatic heterocycles. The monoisotopic (exact) mass is 474 g/mol. The summed E-state index contributed by atoms with van der Waals surface area (Å²) in [4.78, 5) is 0. The molecule has 0 bridgehead atoms. The molecule has 0 saturated heterocycles. The molecular weight excluding hydrogens is 444 g/mol. The molecule has 0 radical (unpaired) electrons. The van der Waals surface area contributed by atoms with Gasteiger partial charge >= 0.3 is 0 Å². The summed E-state index contributed by atoms with van der Waals surface area (Å²) in [6.07, 6.45) is 3.61. The maximum absolute atomic E-state index is 6.27. The van der Waals surface area contributed by atoms with E-state index in [-0.39, 0.29) is 5.41 Å². The fourth-order valence-corrected chi connectivity index (χ4v) is 7.07. The summed E-state index contributed by atoms with van der Waals surface area (Å²) in [5.41, 5.74) is 11.8. The highest BCUT2D eigenvalue weighted by molar-refractivity contribution is 6.30. The number of hydrogen-bond donors (Lipinski definition) is 0. The van der Waals surface area contributed by atoms with Gasteiger partial charge in [-0.2, -0.15) is 0 Å². The Morgan fingerprint density at radius 1 is 0.771 bits per heavy atom. The lowest BCUT2D eigenvalue weighted by Crippen LogP contribution is -2.40. The molecule has 3 unspecified atom stereocenters. The van der Waals surface area contributed by atoms with Gasteiger partial charge in [-0.25, -0.2) is 0 Å². The topological polar surface area (TPSA) is 0 Å². The van der Waals surface area contributed by atoms with E-state index >= 15 is 0 Å². The van der Waals surface area contributed by atoms with E-state index in [4.69, 9.17) is 18.2 Å². The van der Waals surface area contributed by atoms with E-state index in [0.29, 0.717) is 5.92 Å². The molecule has 1 saturated carbocycles. The lowest BCUT2D eigenvalue weighted by atomic mass is 9.57. The molecule has 6 rings (SSSR count). The lowest BCUT2D eigenvalue weighted by Gasteiger charge is -2.46. The fraction of sp³-hybridized carbons (Fsp3) is 0.235. The van der Waals surface area contributed by atoms with Gasteiger partial charge < -0.3 is 0 Å². The molecule has 0 aromatic heterocycles. The van der Waals surface area contributed by atoms with Gasteiger partial charge in [-0.1, -0.05) is 111 Å². The van der Waals surface area contributed by atoms with Crippen LogP contribution in [0.2, 0.25) is 5.02 Å². The minimum atomic E-state index is -0.0707. The predicted molar refractivity (Wildman–Crippen MR) is 150 cm³/mol. The molecule has 35 heavy (non-hydrogen) atoms. The molecule has 0 N–H and O–H groups in total. The molecule has 0 nitrogen and oxygen atoms in total. The van der Waals surface area contributed by atoms with Crippen molar-refractivity contribution in [1.82, 2.24) is 0 Å². The van der Waals surface area contributed by atoms with Crippen molar-refractivity contribution in [2.75, 3.05) is 0 Å². The van der Waals surface area contributed by atoms with Gasteiger partial charge in [-0.15, -0.1) is 0 Å². The molecule has 1 fully saturated rings. The van der Waals surface area contributed by atoms with Crippen molar-refractivity contribution in [2.24, 2.45) is 11.8 Å². The molecule has 4 aromatic carbocycles. The average molecular weight is 475 g/mol. The van der Waals surface area contributed by atoms with Crippen LogP contribution < -0.4 is 0 Å². The van der Waals surface area contributed by atoms with Gasteiger partial charge in [0.2, 0.25) is 0 Å². The first kappa shape index (κ1) is 22.4. The number of halogens is 1. The Labute approximate surface area is 214 Å². The maximum Gasteiger partial charge on any atom is 0.0446 e. The van der Waals surface area contributed by atoms with Crippen molar-refractivity contribution in [1.29, 1.82) is 0 Å². The van der Waals surface area contributed by atoms with Crippen LogP contribution in [0.4, 0.5) is 0 Å². The number of benzene rings is 4. The average Bonchev–Trinajstić information content (AvgIpc) is 3.18. The van der Waals surface area contributed by atoms with Gasteiger partial charge in [0.05, 0.1) is 0 Å². The molecule has 174 valence electrons. The minimum absolute atomic E-state index is 0.0707. The van der Waals surface area contributed by atoms with Gasteiger partial charge in [0.15, 0.2) is 0 Å². The largest absolute Gasteiger partial charge is 0.0986 e. The highest BCUT2D eigenvalue weighted by atomic mass is 35.5. The first-order chi connectivity index (χ1) is 17.0. The van der Waals surface area contributed by atoms with Gasteiger partial charge in [-0.3, -0.25) is 0 Å². The van der Waals surface area contributed by atoms with E-state index in [1.165, 1.54) is 57.4 Å². The van der Waals surface area contributed by atoms with Crippen LogP contribution in [-0.2, 0) is 5.41 Å². The van der Waals surface area contributed by atoms with Gasteiger partial charge in [0.1, 0.15) is 0 Å². The van der Waals surface area contributed by atoms with Crippen molar-refractivity contribution in [3.63, 3.8) is 0 Å². The summed E-state index contributed by atoms with van der Waals surface area (Å²) in [6, 6.07) is 33.0. The van der Waals surface area contributed by atoms with Crippen LogP contribution in [-0.4, -0.2) is 0 Å². The zero-order valence-electron chi connectivity index (χ0n) is 20.5. The van der Waals surface area contributed by atoms with E-state index in [1.54, 1.807) is 0 Å². The third-order valence-electron chi connectivity index (χ3n) is 8.54. The van der Waals surface area contributed by atoms with Crippen LogP contribution >= 0.6 is 11.6 Å². The van der Waals surface area contributed by atoms with Crippen LogP contribution in [0.5, 0.6) is 0 Å². The summed E-state index contributed by atoms with van der Waals surface area (Å²) >= 11 is 6.27. The van der Waals surface area contributed by atoms with Gasteiger partial charge in [0, 0.05) is 10.4 Å². The van der Waals surface area contributed by atoms with Crippen molar-refractivity contribution >= 4 is 11.6 Å². The normalized spacial score (nSPS) is 22.8. The number of fused-ring (bicyclic) bond motifs is 5. The summed E-state index contributed by atoms with van der Waals surface area (Å²) < 4.78 is 0. The zero-order chi connectivity index (χ0) is 24.2. The molecule has 4 aromatic rings. The summed E-state index contributed by atoms with van der Waals surface area (Å²) in [5.74, 6) is 1.28. The number of hydrogen-bond acceptors (Lipinski definition) is 0. The third-order valence-corrected chi connectivity index (χ3v) is 8.77.